The standard InChI is InChI=1S/C15H26N4O/c1-4-10-19-11-9-17-14(15(19)20)18(3)13-7-5-12(16-2)6-8-13/h9,11-13,16H,4-8,10H2,1-3H3. The Balaban J connectivity index is 2.11. The van der Waals surface area contributed by atoms with Crippen LogP contribution in [0.1, 0.15) is 39.0 Å². The van der Waals surface area contributed by atoms with Crippen molar-refractivity contribution in [3.05, 3.63) is 22.7 Å². The number of hydrogen-bond acceptors (Lipinski definition) is 4. The average Bonchev–Trinajstić information content (AvgIpc) is 2.49. The maximum Gasteiger partial charge on any atom is 0.293 e. The number of aryl methyl sites for hydroxylation is 1. The van der Waals surface area contributed by atoms with Crippen LogP contribution in [0, 0.1) is 0 Å². The lowest BCUT2D eigenvalue weighted by atomic mass is 9.90. The van der Waals surface area contributed by atoms with E-state index in [0.29, 0.717) is 17.9 Å². The van der Waals surface area contributed by atoms with E-state index in [9.17, 15) is 4.79 Å². The summed E-state index contributed by atoms with van der Waals surface area (Å²) in [4.78, 5) is 18.8. The molecule has 5 heteroatoms. The van der Waals surface area contributed by atoms with Crippen molar-refractivity contribution in [3.63, 3.8) is 0 Å². The van der Waals surface area contributed by atoms with Crippen molar-refractivity contribution >= 4 is 5.82 Å². The molecule has 0 saturated heterocycles. The van der Waals surface area contributed by atoms with E-state index < -0.39 is 0 Å². The van der Waals surface area contributed by atoms with Crippen LogP contribution >= 0.6 is 0 Å². The molecule has 0 amide bonds. The summed E-state index contributed by atoms with van der Waals surface area (Å²) < 4.78 is 1.76. The van der Waals surface area contributed by atoms with Crippen LogP contribution < -0.4 is 15.8 Å². The molecule has 0 spiro atoms. The predicted octanol–water partition coefficient (Wildman–Crippen LogP) is 1.62. The van der Waals surface area contributed by atoms with Crippen LogP contribution in [0.5, 0.6) is 0 Å². The largest absolute Gasteiger partial charge is 0.352 e. The van der Waals surface area contributed by atoms with Crippen molar-refractivity contribution in [2.24, 2.45) is 0 Å². The Labute approximate surface area is 121 Å². The maximum atomic E-state index is 12.4. The van der Waals surface area contributed by atoms with Crippen molar-refractivity contribution in [2.45, 2.75) is 57.7 Å². The van der Waals surface area contributed by atoms with Crippen LogP contribution in [0.15, 0.2) is 17.2 Å². The zero-order chi connectivity index (χ0) is 14.5. The normalized spacial score (nSPS) is 22.8. The van der Waals surface area contributed by atoms with Gasteiger partial charge in [-0.1, -0.05) is 6.92 Å². The second kappa shape index (κ2) is 6.88. The number of aromatic nitrogens is 2. The molecule has 1 aliphatic carbocycles. The van der Waals surface area contributed by atoms with E-state index in [4.69, 9.17) is 0 Å². The number of nitrogens with zero attached hydrogens (tertiary/aromatic N) is 3. The molecule has 1 aromatic heterocycles. The highest BCUT2D eigenvalue weighted by molar-refractivity contribution is 5.36. The molecule has 20 heavy (non-hydrogen) atoms. The number of nitrogens with one attached hydrogen (secondary N) is 1. The summed E-state index contributed by atoms with van der Waals surface area (Å²) in [6.45, 7) is 2.84. The SMILES string of the molecule is CCCn1ccnc(N(C)C2CCC(NC)CC2)c1=O. The fraction of sp³-hybridized carbons (Fsp3) is 0.733. The van der Waals surface area contributed by atoms with Gasteiger partial charge in [-0.2, -0.15) is 0 Å². The Kier molecular flexibility index (Phi) is 5.17. The first-order valence-corrected chi connectivity index (χ1v) is 7.63. The molecule has 0 aromatic carbocycles. The quantitative estimate of drug-likeness (QED) is 0.889. The number of rotatable bonds is 5. The summed E-state index contributed by atoms with van der Waals surface area (Å²) in [7, 11) is 4.03. The van der Waals surface area contributed by atoms with Crippen LogP contribution in [0.3, 0.4) is 0 Å². The third-order valence-corrected chi connectivity index (χ3v) is 4.35. The van der Waals surface area contributed by atoms with E-state index in [-0.39, 0.29) is 5.56 Å². The van der Waals surface area contributed by atoms with Gasteiger partial charge in [0.05, 0.1) is 0 Å². The van der Waals surface area contributed by atoms with E-state index in [2.05, 4.69) is 22.1 Å². The third-order valence-electron chi connectivity index (χ3n) is 4.35. The second-order valence-electron chi connectivity index (χ2n) is 5.65. The lowest BCUT2D eigenvalue weighted by Crippen LogP contribution is -2.42. The van der Waals surface area contributed by atoms with Gasteiger partial charge in [-0.15, -0.1) is 0 Å². The smallest absolute Gasteiger partial charge is 0.293 e. The van der Waals surface area contributed by atoms with Crippen LogP contribution in [-0.2, 0) is 6.54 Å². The van der Waals surface area contributed by atoms with E-state index in [1.54, 1.807) is 17.0 Å². The van der Waals surface area contributed by atoms with E-state index >= 15 is 0 Å². The minimum atomic E-state index is 0.0348. The molecule has 5 nitrogen and oxygen atoms in total. The van der Waals surface area contributed by atoms with E-state index in [0.717, 1.165) is 25.8 Å². The Bertz CT molecular complexity index is 477. The highest BCUT2D eigenvalue weighted by Crippen LogP contribution is 2.23. The second-order valence-corrected chi connectivity index (χ2v) is 5.65. The van der Waals surface area contributed by atoms with Gasteiger partial charge in [-0.05, 0) is 39.2 Å². The van der Waals surface area contributed by atoms with Crippen molar-refractivity contribution in [1.82, 2.24) is 14.9 Å². The Morgan fingerprint density at radius 3 is 2.70 bits per heavy atom. The summed E-state index contributed by atoms with van der Waals surface area (Å²) in [6.07, 6.45) is 9.05. The molecule has 0 radical (unpaired) electrons. The maximum absolute atomic E-state index is 12.4. The molecule has 0 atom stereocenters. The monoisotopic (exact) mass is 278 g/mol. The first-order valence-electron chi connectivity index (χ1n) is 7.63. The van der Waals surface area contributed by atoms with Gasteiger partial charge < -0.3 is 14.8 Å². The van der Waals surface area contributed by atoms with E-state index in [1.165, 1.54) is 12.8 Å². The molecule has 0 unspecified atom stereocenters. The molecular weight excluding hydrogens is 252 g/mol. The van der Waals surface area contributed by atoms with Crippen LogP contribution in [0.2, 0.25) is 0 Å². The Hall–Kier alpha value is -1.36. The highest BCUT2D eigenvalue weighted by Gasteiger charge is 2.25. The molecule has 1 aromatic rings. The summed E-state index contributed by atoms with van der Waals surface area (Å²) in [5.41, 5.74) is 0.0348. The van der Waals surface area contributed by atoms with Gasteiger partial charge >= 0.3 is 0 Å². The molecular formula is C15H26N4O. The van der Waals surface area contributed by atoms with Gasteiger partial charge in [-0.25, -0.2) is 4.98 Å². The summed E-state index contributed by atoms with van der Waals surface area (Å²) >= 11 is 0. The van der Waals surface area contributed by atoms with Crippen LogP contribution in [0.25, 0.3) is 0 Å². The van der Waals surface area contributed by atoms with Crippen molar-refractivity contribution < 1.29 is 0 Å². The lowest BCUT2D eigenvalue weighted by Gasteiger charge is -2.34. The number of hydrogen-bond donors (Lipinski definition) is 1. The van der Waals surface area contributed by atoms with Crippen molar-refractivity contribution in [2.75, 3.05) is 19.0 Å². The molecule has 1 N–H and O–H groups in total. The first kappa shape index (κ1) is 15.0. The molecule has 0 aliphatic heterocycles. The lowest BCUT2D eigenvalue weighted by molar-refractivity contribution is 0.350. The van der Waals surface area contributed by atoms with Crippen molar-refractivity contribution in [1.29, 1.82) is 0 Å². The summed E-state index contributed by atoms with van der Waals surface area (Å²) in [6, 6.07) is 1.05. The fourth-order valence-corrected chi connectivity index (χ4v) is 3.02. The minimum absolute atomic E-state index is 0.0348. The molecule has 2 rings (SSSR count). The molecule has 1 heterocycles. The van der Waals surface area contributed by atoms with Crippen LogP contribution in [-0.4, -0.2) is 35.7 Å². The van der Waals surface area contributed by atoms with Gasteiger partial charge in [0.25, 0.3) is 5.56 Å². The van der Waals surface area contributed by atoms with Gasteiger partial charge in [0.15, 0.2) is 5.82 Å². The number of anilines is 1. The Morgan fingerprint density at radius 2 is 2.10 bits per heavy atom. The minimum Gasteiger partial charge on any atom is -0.352 e. The molecule has 1 aliphatic rings. The van der Waals surface area contributed by atoms with Crippen LogP contribution in [0.4, 0.5) is 5.82 Å². The van der Waals surface area contributed by atoms with Gasteiger partial charge in [-0.3, -0.25) is 4.79 Å². The fourth-order valence-electron chi connectivity index (χ4n) is 3.02. The summed E-state index contributed by atoms with van der Waals surface area (Å²) in [5.74, 6) is 0.592. The third kappa shape index (κ3) is 3.20. The average molecular weight is 278 g/mol. The zero-order valence-electron chi connectivity index (χ0n) is 12.8. The highest BCUT2D eigenvalue weighted by atomic mass is 16.1. The first-order chi connectivity index (χ1) is 9.67. The Morgan fingerprint density at radius 1 is 1.40 bits per heavy atom. The molecule has 1 fully saturated rings. The van der Waals surface area contributed by atoms with Crippen molar-refractivity contribution in [3.8, 4) is 0 Å². The predicted molar refractivity (Wildman–Crippen MR) is 82.3 cm³/mol. The molecule has 0 bridgehead atoms. The van der Waals surface area contributed by atoms with Gasteiger partial charge in [0.2, 0.25) is 0 Å². The zero-order valence-corrected chi connectivity index (χ0v) is 12.8. The molecule has 112 valence electrons. The van der Waals surface area contributed by atoms with Gasteiger partial charge in [0, 0.05) is 38.1 Å². The van der Waals surface area contributed by atoms with Gasteiger partial charge in [0.1, 0.15) is 0 Å². The molecule has 1 saturated carbocycles. The topological polar surface area (TPSA) is 50.2 Å². The summed E-state index contributed by atoms with van der Waals surface area (Å²) in [5, 5.41) is 3.34. The van der Waals surface area contributed by atoms with E-state index in [1.807, 2.05) is 14.1 Å².